The molecule has 7 nitrogen and oxygen atoms in total. The first-order valence-corrected chi connectivity index (χ1v) is 9.30. The minimum Gasteiger partial charge on any atom is -0.316 e. The van der Waals surface area contributed by atoms with Crippen LogP contribution in [0.2, 0.25) is 0 Å². The molecule has 1 unspecified atom stereocenters. The van der Waals surface area contributed by atoms with Crippen LogP contribution in [0.5, 0.6) is 0 Å². The van der Waals surface area contributed by atoms with Crippen LogP contribution in [0.4, 0.5) is 0 Å². The van der Waals surface area contributed by atoms with Crippen LogP contribution >= 0.6 is 0 Å². The minimum atomic E-state index is -0.00670. The monoisotopic (exact) mass is 367 g/mol. The molecule has 5 aromatic rings. The fourth-order valence-corrected chi connectivity index (χ4v) is 4.11. The van der Waals surface area contributed by atoms with Crippen LogP contribution in [0.3, 0.4) is 0 Å². The van der Waals surface area contributed by atoms with E-state index in [9.17, 15) is 0 Å². The Hall–Kier alpha value is -3.74. The molecule has 0 amide bonds. The summed E-state index contributed by atoms with van der Waals surface area (Å²) in [6.45, 7) is 1.10. The highest BCUT2D eigenvalue weighted by molar-refractivity contribution is 6.08. The van der Waals surface area contributed by atoms with Crippen molar-refractivity contribution in [3.63, 3.8) is 0 Å². The van der Waals surface area contributed by atoms with Gasteiger partial charge in [-0.3, -0.25) is 0 Å². The fourth-order valence-electron chi connectivity index (χ4n) is 4.11. The SMILES string of the molecule is c1ccc2c(c1)nnn2CN1N=NCC1n1c2ccccc2c2ccccc21. The predicted molar refractivity (Wildman–Crippen MR) is 108 cm³/mol. The Morgan fingerprint density at radius 1 is 0.786 bits per heavy atom. The third-order valence-electron chi connectivity index (χ3n) is 5.38. The minimum absolute atomic E-state index is 0.00670. The summed E-state index contributed by atoms with van der Waals surface area (Å²) in [5, 5.41) is 21.8. The van der Waals surface area contributed by atoms with Gasteiger partial charge in [-0.25, -0.2) is 9.69 Å². The second-order valence-electron chi connectivity index (χ2n) is 6.96. The summed E-state index contributed by atoms with van der Waals surface area (Å²) in [7, 11) is 0. The van der Waals surface area contributed by atoms with E-state index in [2.05, 4.69) is 73.7 Å². The lowest BCUT2D eigenvalue weighted by atomic mass is 10.2. The van der Waals surface area contributed by atoms with Crippen molar-refractivity contribution in [2.75, 3.05) is 6.54 Å². The Kier molecular flexibility index (Phi) is 3.22. The molecular weight excluding hydrogens is 350 g/mol. The highest BCUT2D eigenvalue weighted by Crippen LogP contribution is 2.35. The number of para-hydroxylation sites is 3. The van der Waals surface area contributed by atoms with Gasteiger partial charge in [0.15, 0.2) is 0 Å². The van der Waals surface area contributed by atoms with Gasteiger partial charge in [0, 0.05) is 10.8 Å². The van der Waals surface area contributed by atoms with Crippen molar-refractivity contribution in [2.45, 2.75) is 12.8 Å². The van der Waals surface area contributed by atoms with E-state index in [1.165, 1.54) is 21.8 Å². The van der Waals surface area contributed by atoms with Gasteiger partial charge in [-0.1, -0.05) is 59.0 Å². The molecule has 0 bridgehead atoms. The van der Waals surface area contributed by atoms with Crippen molar-refractivity contribution in [3.05, 3.63) is 72.8 Å². The van der Waals surface area contributed by atoms with Gasteiger partial charge in [-0.05, 0) is 24.3 Å². The first-order chi connectivity index (χ1) is 13.9. The van der Waals surface area contributed by atoms with Gasteiger partial charge in [-0.15, -0.1) is 5.10 Å². The Labute approximate surface area is 160 Å². The standard InChI is InChI=1S/C21H17N7/c1-4-10-18-15(7-1)16-8-2-5-11-19(16)28(18)21-13-22-24-27(21)14-26-20-12-6-3-9-17(20)23-25-26/h1-12,21H,13-14H2. The molecule has 0 fully saturated rings. The van der Waals surface area contributed by atoms with Crippen LogP contribution in [-0.2, 0) is 6.67 Å². The van der Waals surface area contributed by atoms with E-state index in [1.807, 2.05) is 34.0 Å². The van der Waals surface area contributed by atoms with Crippen LogP contribution < -0.4 is 0 Å². The summed E-state index contributed by atoms with van der Waals surface area (Å²) in [4.78, 5) is 0. The quantitative estimate of drug-likeness (QED) is 0.475. The predicted octanol–water partition coefficient (Wildman–Crippen LogP) is 4.38. The molecule has 1 aliphatic rings. The van der Waals surface area contributed by atoms with Crippen molar-refractivity contribution in [1.29, 1.82) is 0 Å². The topological polar surface area (TPSA) is 63.6 Å². The summed E-state index contributed by atoms with van der Waals surface area (Å²) in [6, 6.07) is 25.0. The van der Waals surface area contributed by atoms with Gasteiger partial charge in [0.05, 0.1) is 16.6 Å². The van der Waals surface area contributed by atoms with E-state index < -0.39 is 0 Å². The molecule has 3 heterocycles. The average molecular weight is 367 g/mol. The zero-order valence-corrected chi connectivity index (χ0v) is 15.1. The summed E-state index contributed by atoms with van der Waals surface area (Å²) < 4.78 is 4.21. The highest BCUT2D eigenvalue weighted by Gasteiger charge is 2.28. The molecule has 0 saturated carbocycles. The van der Waals surface area contributed by atoms with Crippen molar-refractivity contribution in [1.82, 2.24) is 24.6 Å². The smallest absolute Gasteiger partial charge is 0.148 e. The van der Waals surface area contributed by atoms with E-state index in [0.717, 1.165) is 11.0 Å². The van der Waals surface area contributed by atoms with E-state index in [4.69, 9.17) is 0 Å². The molecule has 7 heteroatoms. The number of aromatic nitrogens is 4. The zero-order chi connectivity index (χ0) is 18.5. The van der Waals surface area contributed by atoms with Crippen LogP contribution in [0.25, 0.3) is 32.8 Å². The molecule has 0 radical (unpaired) electrons. The third kappa shape index (κ3) is 2.16. The highest BCUT2D eigenvalue weighted by atomic mass is 15.7. The number of hydrogen-bond donors (Lipinski definition) is 0. The van der Waals surface area contributed by atoms with E-state index >= 15 is 0 Å². The summed E-state index contributed by atoms with van der Waals surface area (Å²) in [6.07, 6.45) is -0.00670. The lowest BCUT2D eigenvalue weighted by Gasteiger charge is -2.24. The third-order valence-corrected chi connectivity index (χ3v) is 5.38. The van der Waals surface area contributed by atoms with Crippen molar-refractivity contribution < 1.29 is 0 Å². The first-order valence-electron chi connectivity index (χ1n) is 9.30. The normalized spacial score (nSPS) is 16.7. The molecule has 1 aliphatic heterocycles. The van der Waals surface area contributed by atoms with E-state index in [-0.39, 0.29) is 6.17 Å². The number of nitrogens with zero attached hydrogens (tertiary/aromatic N) is 7. The molecule has 136 valence electrons. The maximum absolute atomic E-state index is 4.42. The molecule has 0 saturated heterocycles. The van der Waals surface area contributed by atoms with Gasteiger partial charge in [0.1, 0.15) is 24.9 Å². The number of benzene rings is 3. The summed E-state index contributed by atoms with van der Waals surface area (Å²) >= 11 is 0. The van der Waals surface area contributed by atoms with Gasteiger partial charge >= 0.3 is 0 Å². The number of fused-ring (bicyclic) bond motifs is 4. The van der Waals surface area contributed by atoms with E-state index in [0.29, 0.717) is 13.2 Å². The second-order valence-corrected chi connectivity index (χ2v) is 6.96. The molecule has 28 heavy (non-hydrogen) atoms. The summed E-state index contributed by atoms with van der Waals surface area (Å²) in [5.41, 5.74) is 4.25. The fraction of sp³-hybridized carbons (Fsp3) is 0.143. The van der Waals surface area contributed by atoms with Gasteiger partial charge in [0.2, 0.25) is 0 Å². The summed E-state index contributed by atoms with van der Waals surface area (Å²) in [5.74, 6) is 0. The van der Waals surface area contributed by atoms with Crippen molar-refractivity contribution in [2.24, 2.45) is 10.3 Å². The Morgan fingerprint density at radius 3 is 2.18 bits per heavy atom. The van der Waals surface area contributed by atoms with Gasteiger partial charge < -0.3 is 4.57 Å². The van der Waals surface area contributed by atoms with Crippen LogP contribution in [0, 0.1) is 0 Å². The Balaban J connectivity index is 1.47. The molecule has 2 aromatic heterocycles. The first kappa shape index (κ1) is 15.3. The molecule has 0 N–H and O–H groups in total. The maximum atomic E-state index is 4.42. The zero-order valence-electron chi connectivity index (χ0n) is 15.1. The number of hydrogen-bond acceptors (Lipinski definition) is 5. The lowest BCUT2D eigenvalue weighted by Crippen LogP contribution is -2.29. The van der Waals surface area contributed by atoms with Crippen LogP contribution in [0.1, 0.15) is 6.17 Å². The second kappa shape index (κ2) is 5.88. The number of rotatable bonds is 3. The Bertz CT molecular complexity index is 1290. The van der Waals surface area contributed by atoms with Crippen LogP contribution in [0.15, 0.2) is 83.1 Å². The molecule has 3 aromatic carbocycles. The average Bonchev–Trinajstić information content (AvgIpc) is 3.44. The van der Waals surface area contributed by atoms with Crippen LogP contribution in [-0.4, -0.2) is 31.1 Å². The van der Waals surface area contributed by atoms with Crippen molar-refractivity contribution in [3.8, 4) is 0 Å². The maximum Gasteiger partial charge on any atom is 0.148 e. The molecule has 0 aliphatic carbocycles. The Morgan fingerprint density at radius 2 is 1.43 bits per heavy atom. The molecule has 0 spiro atoms. The molecule has 1 atom stereocenters. The largest absolute Gasteiger partial charge is 0.316 e. The van der Waals surface area contributed by atoms with Crippen molar-refractivity contribution >= 4 is 32.8 Å². The van der Waals surface area contributed by atoms with Gasteiger partial charge in [-0.2, -0.15) is 5.11 Å². The van der Waals surface area contributed by atoms with E-state index in [1.54, 1.807) is 0 Å². The lowest BCUT2D eigenvalue weighted by molar-refractivity contribution is 0.137. The molecular formula is C21H17N7. The molecule has 6 rings (SSSR count). The van der Waals surface area contributed by atoms with Gasteiger partial charge in [0.25, 0.3) is 0 Å².